The van der Waals surface area contributed by atoms with E-state index in [0.29, 0.717) is 35.8 Å². The number of methoxy groups -OCH3 is 2. The highest BCUT2D eigenvalue weighted by atomic mass is 32.1. The van der Waals surface area contributed by atoms with Gasteiger partial charge in [-0.1, -0.05) is 42.5 Å². The van der Waals surface area contributed by atoms with Crippen LogP contribution in [-0.4, -0.2) is 84.0 Å². The number of carbonyl (C=O) groups is 4. The maximum Gasteiger partial charge on any atom is 0.355 e. The van der Waals surface area contributed by atoms with Gasteiger partial charge in [0.05, 0.1) is 31.0 Å². The third-order valence-corrected chi connectivity index (χ3v) is 10.4. The van der Waals surface area contributed by atoms with E-state index in [2.05, 4.69) is 33.8 Å². The summed E-state index contributed by atoms with van der Waals surface area (Å²) in [7, 11) is 2.93. The van der Waals surface area contributed by atoms with Crippen LogP contribution in [-0.2, 0) is 10.3 Å². The summed E-state index contributed by atoms with van der Waals surface area (Å²) in [5.74, 6) is -2.42. The normalized spacial score (nSPS) is 16.6. The fourth-order valence-electron chi connectivity index (χ4n) is 6.84. The number of carbonyl (C=O) groups excluding carboxylic acids is 3. The van der Waals surface area contributed by atoms with E-state index in [9.17, 15) is 24.3 Å². The summed E-state index contributed by atoms with van der Waals surface area (Å²) in [4.78, 5) is 63.8. The van der Waals surface area contributed by atoms with Crippen molar-refractivity contribution in [2.45, 2.75) is 31.3 Å². The lowest BCUT2D eigenvalue weighted by Gasteiger charge is -2.40. The van der Waals surface area contributed by atoms with E-state index in [1.54, 1.807) is 30.3 Å². The van der Waals surface area contributed by atoms with Gasteiger partial charge in [-0.15, -0.1) is 11.3 Å². The summed E-state index contributed by atoms with van der Waals surface area (Å²) in [5, 5.41) is 11.3. The van der Waals surface area contributed by atoms with Gasteiger partial charge >= 0.3 is 5.97 Å². The van der Waals surface area contributed by atoms with Crippen LogP contribution in [0.25, 0.3) is 0 Å². The van der Waals surface area contributed by atoms with Crippen molar-refractivity contribution in [1.82, 2.24) is 14.8 Å². The van der Waals surface area contributed by atoms with Crippen LogP contribution in [0.5, 0.6) is 11.5 Å². The van der Waals surface area contributed by atoms with Gasteiger partial charge in [0, 0.05) is 44.0 Å². The number of thiazole rings is 1. The van der Waals surface area contributed by atoms with Crippen LogP contribution >= 0.6 is 11.3 Å². The van der Waals surface area contributed by atoms with Crippen molar-refractivity contribution in [3.05, 3.63) is 105 Å². The van der Waals surface area contributed by atoms with Crippen LogP contribution in [0.2, 0.25) is 0 Å². The number of ether oxygens (including phenoxy) is 2. The van der Waals surface area contributed by atoms with Crippen LogP contribution in [0.1, 0.15) is 73.1 Å². The fourth-order valence-corrected chi connectivity index (χ4v) is 7.88. The van der Waals surface area contributed by atoms with Gasteiger partial charge in [0.15, 0.2) is 17.2 Å². The molecule has 13 heteroatoms. The van der Waals surface area contributed by atoms with Gasteiger partial charge < -0.3 is 25.2 Å². The summed E-state index contributed by atoms with van der Waals surface area (Å²) >= 11 is 0.980. The Hall–Kier alpha value is -5.27. The van der Waals surface area contributed by atoms with E-state index >= 15 is 0 Å². The smallest absolute Gasteiger partial charge is 0.355 e. The average molecular weight is 684 g/mol. The first kappa shape index (κ1) is 33.6. The highest BCUT2D eigenvalue weighted by Crippen LogP contribution is 2.48. The molecule has 2 aliphatic heterocycles. The molecule has 0 aliphatic carbocycles. The number of anilines is 1. The Balaban J connectivity index is 1.44. The number of aromatic nitrogens is 1. The number of hydrogen-bond acceptors (Lipinski definition) is 10. The molecule has 3 N–H and O–H groups in total. The zero-order chi connectivity index (χ0) is 34.9. The predicted octanol–water partition coefficient (Wildman–Crippen LogP) is 4.55. The molecule has 254 valence electrons. The molecule has 1 aromatic heterocycles. The Morgan fingerprint density at radius 2 is 1.67 bits per heavy atom. The molecule has 0 bridgehead atoms. The van der Waals surface area contributed by atoms with Crippen molar-refractivity contribution in [3.8, 4) is 11.5 Å². The maximum absolute atomic E-state index is 14.8. The minimum atomic E-state index is -1.72. The molecule has 3 amide bonds. The predicted molar refractivity (Wildman–Crippen MR) is 183 cm³/mol. The third-order valence-electron chi connectivity index (χ3n) is 9.43. The molecule has 2 aliphatic rings. The molecule has 4 aromatic rings. The van der Waals surface area contributed by atoms with Crippen molar-refractivity contribution >= 4 is 40.7 Å². The van der Waals surface area contributed by atoms with E-state index < -0.39 is 29.2 Å². The number of primary amides is 1. The lowest BCUT2D eigenvalue weighted by molar-refractivity contribution is -0.118. The number of fused-ring (bicyclic) bond motifs is 1. The quantitative estimate of drug-likeness (QED) is 0.203. The Morgan fingerprint density at radius 1 is 0.959 bits per heavy atom. The lowest BCUT2D eigenvalue weighted by Crippen LogP contribution is -2.51. The second-order valence-corrected chi connectivity index (χ2v) is 12.9. The van der Waals surface area contributed by atoms with E-state index in [4.69, 9.17) is 15.2 Å². The van der Waals surface area contributed by atoms with E-state index in [1.807, 2.05) is 24.3 Å². The number of nitrogens with two attached hydrogens (primary N) is 1. The fraction of sp³-hybridized carbons (Fsp3) is 0.306. The van der Waals surface area contributed by atoms with Crippen LogP contribution in [0, 0.1) is 0 Å². The number of carboxylic acid groups (broad SMARTS) is 1. The Labute approximate surface area is 287 Å². The molecule has 0 spiro atoms. The number of nitrogens with zero attached hydrogens (tertiary/aromatic N) is 4. The number of hydrogen-bond donors (Lipinski definition) is 2. The molecule has 0 radical (unpaired) electrons. The van der Waals surface area contributed by atoms with Gasteiger partial charge in [-0.25, -0.2) is 9.78 Å². The van der Waals surface area contributed by atoms with Gasteiger partial charge in [-0.2, -0.15) is 0 Å². The highest BCUT2D eigenvalue weighted by Gasteiger charge is 2.54. The topological polar surface area (TPSA) is 156 Å². The Morgan fingerprint density at radius 3 is 2.31 bits per heavy atom. The van der Waals surface area contributed by atoms with Crippen molar-refractivity contribution in [3.63, 3.8) is 0 Å². The third kappa shape index (κ3) is 6.00. The second kappa shape index (κ2) is 13.7. The molecule has 2 atom stereocenters. The number of piperazine rings is 1. The molecule has 0 saturated carbocycles. The molecule has 2 unspecified atom stereocenters. The molecule has 12 nitrogen and oxygen atoms in total. The van der Waals surface area contributed by atoms with Gasteiger partial charge in [0.2, 0.25) is 5.91 Å². The van der Waals surface area contributed by atoms with Crippen molar-refractivity contribution in [2.24, 2.45) is 5.73 Å². The van der Waals surface area contributed by atoms with E-state index in [-0.39, 0.29) is 40.7 Å². The largest absolute Gasteiger partial charge is 0.493 e. The van der Waals surface area contributed by atoms with Gasteiger partial charge in [-0.05, 0) is 48.7 Å². The summed E-state index contributed by atoms with van der Waals surface area (Å²) in [6.45, 7) is 4.94. The van der Waals surface area contributed by atoms with Gasteiger partial charge in [-0.3, -0.25) is 24.2 Å². The van der Waals surface area contributed by atoms with Crippen LogP contribution in [0.15, 0.2) is 72.1 Å². The first-order chi connectivity index (χ1) is 23.6. The molecular formula is C36H37N5O7S. The molecule has 1 saturated heterocycles. The summed E-state index contributed by atoms with van der Waals surface area (Å²) in [6, 6.07) is 20.6. The SMILES string of the molecule is COc1ccc(C(CCC(N)=O)(c2nc(C(=O)O)cs2)N2C(=O)c3cccc(N4CCN(C(C)c5ccccc5)CC4)c3C2=O)cc1OC. The van der Waals surface area contributed by atoms with Crippen molar-refractivity contribution < 1.29 is 33.8 Å². The number of aromatic carboxylic acids is 1. The molecule has 49 heavy (non-hydrogen) atoms. The van der Waals surface area contributed by atoms with Crippen molar-refractivity contribution in [1.29, 1.82) is 0 Å². The molecule has 1 fully saturated rings. The summed E-state index contributed by atoms with van der Waals surface area (Å²) < 4.78 is 11.0. The van der Waals surface area contributed by atoms with E-state index in [1.165, 1.54) is 25.2 Å². The Bertz CT molecular complexity index is 1910. The minimum Gasteiger partial charge on any atom is -0.493 e. The molecular weight excluding hydrogens is 646 g/mol. The summed E-state index contributed by atoms with van der Waals surface area (Å²) in [5.41, 5.74) is 6.36. The van der Waals surface area contributed by atoms with Crippen LogP contribution in [0.4, 0.5) is 5.69 Å². The number of benzene rings is 3. The van der Waals surface area contributed by atoms with Crippen molar-refractivity contribution in [2.75, 3.05) is 45.3 Å². The first-order valence-electron chi connectivity index (χ1n) is 15.9. The maximum atomic E-state index is 14.8. The zero-order valence-electron chi connectivity index (χ0n) is 27.4. The monoisotopic (exact) mass is 683 g/mol. The molecule has 3 heterocycles. The number of imide groups is 1. The van der Waals surface area contributed by atoms with Crippen LogP contribution < -0.4 is 20.1 Å². The molecule has 6 rings (SSSR count). The Kier molecular flexibility index (Phi) is 9.39. The minimum absolute atomic E-state index is 0.137. The number of rotatable bonds is 12. The highest BCUT2D eigenvalue weighted by molar-refractivity contribution is 7.10. The second-order valence-electron chi connectivity index (χ2n) is 12.0. The molecule has 3 aromatic carbocycles. The number of amides is 3. The number of carboxylic acids is 1. The first-order valence-corrected chi connectivity index (χ1v) is 16.7. The summed E-state index contributed by atoms with van der Waals surface area (Å²) in [6.07, 6.45) is -0.389. The van der Waals surface area contributed by atoms with Gasteiger partial charge in [0.25, 0.3) is 11.8 Å². The average Bonchev–Trinajstić information content (AvgIpc) is 3.73. The van der Waals surface area contributed by atoms with Crippen LogP contribution in [0.3, 0.4) is 0 Å². The van der Waals surface area contributed by atoms with E-state index in [0.717, 1.165) is 29.3 Å². The van der Waals surface area contributed by atoms with Gasteiger partial charge in [0.1, 0.15) is 10.5 Å². The lowest BCUT2D eigenvalue weighted by atomic mass is 9.83. The zero-order valence-corrected chi connectivity index (χ0v) is 28.2. The standard InChI is InChI=1S/C36H37N5O7S/c1-22(23-8-5-4-6-9-23)39-16-18-40(19-17-39)27-11-7-10-25-31(27)33(44)41(32(25)43)36(15-14-30(37)42,35-38-26(21-49-35)34(45)46)24-12-13-28(47-2)29(20-24)48-3/h4-13,20-22H,14-19H2,1-3H3,(H2,37,42)(H,45,46).